The number of aromatic nitrogens is 1. The highest BCUT2D eigenvalue weighted by Crippen LogP contribution is 2.22. The standard InChI is InChI=1S/C15H17N3O.C2H7N.C2H6/c1-10-11(2)14(15(19)18(4)12(10)3)17-16-13-8-6-5-7-9-13;1-3-2;1-2/h5-9H,1-4H3;3H,1-2H3;1-2H3. The smallest absolute Gasteiger partial charge is 0.278 e. The molecular weight excluding hydrogens is 300 g/mol. The van der Waals surface area contributed by atoms with E-state index in [1.807, 2.05) is 79.0 Å². The lowest BCUT2D eigenvalue weighted by Crippen LogP contribution is -2.20. The van der Waals surface area contributed by atoms with Gasteiger partial charge < -0.3 is 9.88 Å². The first-order chi connectivity index (χ1) is 11.4. The van der Waals surface area contributed by atoms with E-state index in [4.69, 9.17) is 0 Å². The Kier molecular flexibility index (Phi) is 10.2. The van der Waals surface area contributed by atoms with Crippen molar-refractivity contribution in [2.75, 3.05) is 14.1 Å². The minimum absolute atomic E-state index is 0.111. The van der Waals surface area contributed by atoms with Crippen LogP contribution in [-0.4, -0.2) is 18.7 Å². The molecule has 0 aliphatic heterocycles. The number of nitrogens with zero attached hydrogens (tertiary/aromatic N) is 3. The molecule has 0 fully saturated rings. The summed E-state index contributed by atoms with van der Waals surface area (Å²) in [6, 6.07) is 9.40. The summed E-state index contributed by atoms with van der Waals surface area (Å²) in [7, 11) is 5.51. The Bertz CT molecular complexity index is 704. The fraction of sp³-hybridized carbons (Fsp3) is 0.421. The molecule has 5 nitrogen and oxygen atoms in total. The molecular formula is C19H30N4O. The van der Waals surface area contributed by atoms with Crippen LogP contribution in [0.2, 0.25) is 0 Å². The molecule has 5 heteroatoms. The summed E-state index contributed by atoms with van der Waals surface area (Å²) in [5, 5.41) is 11.0. The summed E-state index contributed by atoms with van der Waals surface area (Å²) in [5.74, 6) is 0. The van der Waals surface area contributed by atoms with Gasteiger partial charge in [-0.05, 0) is 58.1 Å². The van der Waals surface area contributed by atoms with E-state index in [2.05, 4.69) is 15.5 Å². The van der Waals surface area contributed by atoms with Crippen molar-refractivity contribution in [2.45, 2.75) is 34.6 Å². The lowest BCUT2D eigenvalue weighted by molar-refractivity contribution is 0.801. The van der Waals surface area contributed by atoms with Gasteiger partial charge in [-0.3, -0.25) is 4.79 Å². The SMILES string of the molecule is CC.CNC.Cc1c(C)c(C)n(C)c(=O)c1N=Nc1ccccc1. The highest BCUT2D eigenvalue weighted by molar-refractivity contribution is 5.49. The summed E-state index contributed by atoms with van der Waals surface area (Å²) >= 11 is 0. The van der Waals surface area contributed by atoms with Crippen LogP contribution in [0.1, 0.15) is 30.7 Å². The van der Waals surface area contributed by atoms with Gasteiger partial charge in [0.15, 0.2) is 5.69 Å². The van der Waals surface area contributed by atoms with Crippen LogP contribution in [0.4, 0.5) is 11.4 Å². The van der Waals surface area contributed by atoms with Crippen LogP contribution in [0.15, 0.2) is 45.4 Å². The topological polar surface area (TPSA) is 58.8 Å². The van der Waals surface area contributed by atoms with E-state index in [0.29, 0.717) is 5.69 Å². The fourth-order valence-corrected chi connectivity index (χ4v) is 1.89. The average molecular weight is 330 g/mol. The third-order valence-electron chi connectivity index (χ3n) is 3.49. The predicted molar refractivity (Wildman–Crippen MR) is 103 cm³/mol. The second kappa shape index (κ2) is 11.3. The maximum absolute atomic E-state index is 12.2. The third kappa shape index (κ3) is 5.74. The zero-order valence-electron chi connectivity index (χ0n) is 16.1. The molecule has 1 N–H and O–H groups in total. The molecule has 2 rings (SSSR count). The number of benzene rings is 1. The summed E-state index contributed by atoms with van der Waals surface area (Å²) in [6.45, 7) is 9.83. The van der Waals surface area contributed by atoms with Crippen molar-refractivity contribution >= 4 is 11.4 Å². The molecule has 132 valence electrons. The predicted octanol–water partition coefficient (Wildman–Crippen LogP) is 4.59. The Balaban J connectivity index is 0.000000952. The molecule has 0 amide bonds. The number of hydrogen-bond acceptors (Lipinski definition) is 4. The van der Waals surface area contributed by atoms with Gasteiger partial charge in [0.25, 0.3) is 5.56 Å². The van der Waals surface area contributed by atoms with Gasteiger partial charge in [-0.25, -0.2) is 0 Å². The van der Waals surface area contributed by atoms with Gasteiger partial charge in [0.05, 0.1) is 5.69 Å². The molecule has 0 saturated heterocycles. The van der Waals surface area contributed by atoms with E-state index in [9.17, 15) is 4.79 Å². The highest BCUT2D eigenvalue weighted by atomic mass is 16.1. The molecule has 0 radical (unpaired) electrons. The molecule has 1 aromatic carbocycles. The van der Waals surface area contributed by atoms with Gasteiger partial charge in [-0.2, -0.15) is 5.11 Å². The summed E-state index contributed by atoms with van der Waals surface area (Å²) in [4.78, 5) is 12.2. The van der Waals surface area contributed by atoms with Crippen molar-refractivity contribution in [3.05, 3.63) is 57.5 Å². The van der Waals surface area contributed by atoms with Gasteiger partial charge in [-0.1, -0.05) is 32.0 Å². The van der Waals surface area contributed by atoms with Crippen LogP contribution < -0.4 is 10.9 Å². The number of hydrogen-bond donors (Lipinski definition) is 1. The van der Waals surface area contributed by atoms with E-state index in [-0.39, 0.29) is 5.56 Å². The molecule has 0 atom stereocenters. The first kappa shape index (κ1) is 21.7. The van der Waals surface area contributed by atoms with Crippen LogP contribution in [0, 0.1) is 20.8 Å². The summed E-state index contributed by atoms with van der Waals surface area (Å²) in [6.07, 6.45) is 0. The van der Waals surface area contributed by atoms with E-state index in [0.717, 1.165) is 22.5 Å². The minimum atomic E-state index is -0.111. The van der Waals surface area contributed by atoms with Gasteiger partial charge in [0.2, 0.25) is 0 Å². The quantitative estimate of drug-likeness (QED) is 0.819. The Hall–Kier alpha value is -2.27. The van der Waals surface area contributed by atoms with E-state index in [1.54, 1.807) is 11.6 Å². The molecule has 0 saturated carbocycles. The first-order valence-electron chi connectivity index (χ1n) is 8.16. The maximum Gasteiger partial charge on any atom is 0.278 e. The average Bonchev–Trinajstić information content (AvgIpc) is 2.61. The van der Waals surface area contributed by atoms with E-state index >= 15 is 0 Å². The third-order valence-corrected chi connectivity index (χ3v) is 3.49. The van der Waals surface area contributed by atoms with Crippen molar-refractivity contribution in [3.8, 4) is 0 Å². The molecule has 0 aliphatic carbocycles. The van der Waals surface area contributed by atoms with Crippen LogP contribution in [0.5, 0.6) is 0 Å². The van der Waals surface area contributed by atoms with Gasteiger partial charge in [0.1, 0.15) is 0 Å². The maximum atomic E-state index is 12.2. The van der Waals surface area contributed by atoms with Crippen molar-refractivity contribution in [2.24, 2.45) is 17.3 Å². The van der Waals surface area contributed by atoms with Crippen molar-refractivity contribution in [1.82, 2.24) is 9.88 Å². The molecule has 0 spiro atoms. The molecule has 0 aliphatic rings. The monoisotopic (exact) mass is 330 g/mol. The Morgan fingerprint density at radius 2 is 1.42 bits per heavy atom. The largest absolute Gasteiger partial charge is 0.323 e. The van der Waals surface area contributed by atoms with Crippen molar-refractivity contribution in [1.29, 1.82) is 0 Å². The van der Waals surface area contributed by atoms with Crippen LogP contribution >= 0.6 is 0 Å². The molecule has 24 heavy (non-hydrogen) atoms. The first-order valence-corrected chi connectivity index (χ1v) is 8.16. The number of rotatable bonds is 2. The number of nitrogens with one attached hydrogen (secondary N) is 1. The zero-order chi connectivity index (χ0) is 18.7. The molecule has 2 aromatic rings. The number of azo groups is 1. The minimum Gasteiger partial charge on any atom is -0.323 e. The van der Waals surface area contributed by atoms with Gasteiger partial charge in [0, 0.05) is 12.7 Å². The lowest BCUT2D eigenvalue weighted by atomic mass is 10.1. The molecule has 0 bridgehead atoms. The number of pyridine rings is 1. The summed E-state index contributed by atoms with van der Waals surface area (Å²) in [5.41, 5.74) is 3.96. The summed E-state index contributed by atoms with van der Waals surface area (Å²) < 4.78 is 1.61. The van der Waals surface area contributed by atoms with E-state index < -0.39 is 0 Å². The highest BCUT2D eigenvalue weighted by Gasteiger charge is 2.11. The second-order valence-electron chi connectivity index (χ2n) is 5.08. The van der Waals surface area contributed by atoms with Gasteiger partial charge in [-0.15, -0.1) is 5.11 Å². The normalized spacial score (nSPS) is 9.83. The molecule has 1 heterocycles. The second-order valence-corrected chi connectivity index (χ2v) is 5.08. The zero-order valence-corrected chi connectivity index (χ0v) is 16.1. The van der Waals surface area contributed by atoms with Crippen LogP contribution in [0.25, 0.3) is 0 Å². The van der Waals surface area contributed by atoms with E-state index in [1.165, 1.54) is 0 Å². The fourth-order valence-electron chi connectivity index (χ4n) is 1.89. The van der Waals surface area contributed by atoms with Crippen LogP contribution in [0.3, 0.4) is 0 Å². The Labute approximate surface area is 145 Å². The molecule has 1 aromatic heterocycles. The molecule has 0 unspecified atom stereocenters. The van der Waals surface area contributed by atoms with Crippen LogP contribution in [-0.2, 0) is 7.05 Å². The van der Waals surface area contributed by atoms with Crippen molar-refractivity contribution < 1.29 is 0 Å². The van der Waals surface area contributed by atoms with Gasteiger partial charge >= 0.3 is 0 Å². The Morgan fingerprint density at radius 3 is 1.92 bits per heavy atom. The van der Waals surface area contributed by atoms with Crippen molar-refractivity contribution in [3.63, 3.8) is 0 Å². The lowest BCUT2D eigenvalue weighted by Gasteiger charge is -2.11. The Morgan fingerprint density at radius 1 is 0.917 bits per heavy atom.